The van der Waals surface area contributed by atoms with Crippen molar-refractivity contribution in [2.45, 2.75) is 77.7 Å². The SMILES string of the molecule is CCC(C)CC(=O)N1CCCCC1C1CCCCC1=O. The molecular weight excluding hydrogens is 250 g/mol. The van der Waals surface area contributed by atoms with Crippen molar-refractivity contribution >= 4 is 11.7 Å². The number of ketones is 1. The third kappa shape index (κ3) is 3.62. The molecule has 0 bridgehead atoms. The maximum atomic E-state index is 12.5. The molecule has 1 heterocycles. The summed E-state index contributed by atoms with van der Waals surface area (Å²) in [6.45, 7) is 5.14. The molecule has 1 saturated carbocycles. The van der Waals surface area contributed by atoms with E-state index in [0.29, 0.717) is 18.1 Å². The lowest BCUT2D eigenvalue weighted by atomic mass is 9.79. The third-order valence-corrected chi connectivity index (χ3v) is 5.16. The monoisotopic (exact) mass is 279 g/mol. The average molecular weight is 279 g/mol. The zero-order valence-corrected chi connectivity index (χ0v) is 13.1. The molecule has 0 N–H and O–H groups in total. The van der Waals surface area contributed by atoms with E-state index in [0.717, 1.165) is 51.5 Å². The number of amides is 1. The van der Waals surface area contributed by atoms with E-state index in [-0.39, 0.29) is 17.9 Å². The number of likely N-dealkylation sites (tertiary alicyclic amines) is 1. The Bertz CT molecular complexity index is 353. The van der Waals surface area contributed by atoms with Crippen molar-refractivity contribution in [2.24, 2.45) is 11.8 Å². The minimum Gasteiger partial charge on any atom is -0.339 e. The molecule has 0 radical (unpaired) electrons. The summed E-state index contributed by atoms with van der Waals surface area (Å²) in [6, 6.07) is 0.202. The van der Waals surface area contributed by atoms with E-state index in [2.05, 4.69) is 18.7 Å². The Labute approximate surface area is 123 Å². The molecule has 3 heteroatoms. The van der Waals surface area contributed by atoms with Gasteiger partial charge in [0.2, 0.25) is 5.91 Å². The number of rotatable bonds is 4. The fourth-order valence-corrected chi connectivity index (χ4v) is 3.66. The molecule has 0 aromatic heterocycles. The molecule has 3 nitrogen and oxygen atoms in total. The highest BCUT2D eigenvalue weighted by Gasteiger charge is 2.37. The predicted octanol–water partition coefficient (Wildman–Crippen LogP) is 3.56. The van der Waals surface area contributed by atoms with Crippen LogP contribution in [0.15, 0.2) is 0 Å². The lowest BCUT2D eigenvalue weighted by Crippen LogP contribution is -2.50. The summed E-state index contributed by atoms with van der Waals surface area (Å²) in [4.78, 5) is 26.8. The van der Waals surface area contributed by atoms with Gasteiger partial charge in [-0.1, -0.05) is 26.7 Å². The summed E-state index contributed by atoms with van der Waals surface area (Å²) in [5.74, 6) is 1.27. The molecule has 0 spiro atoms. The average Bonchev–Trinajstić information content (AvgIpc) is 2.47. The van der Waals surface area contributed by atoms with Gasteiger partial charge in [0.25, 0.3) is 0 Å². The van der Waals surface area contributed by atoms with Crippen LogP contribution in [0.25, 0.3) is 0 Å². The summed E-state index contributed by atoms with van der Waals surface area (Å²) in [5.41, 5.74) is 0. The number of carbonyl (C=O) groups is 2. The number of piperidine rings is 1. The lowest BCUT2D eigenvalue weighted by molar-refractivity contribution is -0.140. The van der Waals surface area contributed by atoms with Gasteiger partial charge in [-0.25, -0.2) is 0 Å². The summed E-state index contributed by atoms with van der Waals surface area (Å²) in [7, 11) is 0. The van der Waals surface area contributed by atoms with Gasteiger partial charge in [0, 0.05) is 31.3 Å². The van der Waals surface area contributed by atoms with Crippen LogP contribution in [-0.4, -0.2) is 29.2 Å². The summed E-state index contributed by atoms with van der Waals surface area (Å²) >= 11 is 0. The smallest absolute Gasteiger partial charge is 0.223 e. The number of nitrogens with zero attached hydrogens (tertiary/aromatic N) is 1. The predicted molar refractivity (Wildman–Crippen MR) is 80.4 cm³/mol. The fraction of sp³-hybridized carbons (Fsp3) is 0.882. The molecule has 2 fully saturated rings. The van der Waals surface area contributed by atoms with E-state index in [9.17, 15) is 9.59 Å². The zero-order valence-electron chi connectivity index (χ0n) is 13.1. The van der Waals surface area contributed by atoms with Gasteiger partial charge >= 0.3 is 0 Å². The van der Waals surface area contributed by atoms with Crippen molar-refractivity contribution in [3.05, 3.63) is 0 Å². The normalized spacial score (nSPS) is 29.3. The molecule has 1 amide bonds. The summed E-state index contributed by atoms with van der Waals surface area (Å²) in [6.07, 6.45) is 8.92. The van der Waals surface area contributed by atoms with Gasteiger partial charge in [-0.05, 0) is 38.0 Å². The van der Waals surface area contributed by atoms with Crippen molar-refractivity contribution in [3.8, 4) is 0 Å². The van der Waals surface area contributed by atoms with E-state index < -0.39 is 0 Å². The molecule has 2 aliphatic rings. The number of hydrogen-bond donors (Lipinski definition) is 0. The van der Waals surface area contributed by atoms with Gasteiger partial charge in [0.1, 0.15) is 5.78 Å². The molecule has 3 unspecified atom stereocenters. The fourth-order valence-electron chi connectivity index (χ4n) is 3.66. The van der Waals surface area contributed by atoms with Gasteiger partial charge in [0.15, 0.2) is 0 Å². The zero-order chi connectivity index (χ0) is 14.5. The number of hydrogen-bond acceptors (Lipinski definition) is 2. The number of carbonyl (C=O) groups excluding carboxylic acids is 2. The number of Topliss-reactive ketones (excluding diaryl/α,β-unsaturated/α-hetero) is 1. The first-order valence-corrected chi connectivity index (χ1v) is 8.45. The second kappa shape index (κ2) is 7.24. The standard InChI is InChI=1S/C17H29NO2/c1-3-13(2)12-17(20)18-11-7-6-9-15(18)14-8-4-5-10-16(14)19/h13-15H,3-12H2,1-2H3. The van der Waals surface area contributed by atoms with E-state index in [1.807, 2.05) is 0 Å². The molecule has 3 atom stereocenters. The maximum absolute atomic E-state index is 12.5. The van der Waals surface area contributed by atoms with E-state index in [1.165, 1.54) is 6.42 Å². The van der Waals surface area contributed by atoms with Crippen molar-refractivity contribution in [2.75, 3.05) is 6.54 Å². The van der Waals surface area contributed by atoms with Crippen LogP contribution in [0.2, 0.25) is 0 Å². The molecule has 1 aliphatic heterocycles. The largest absolute Gasteiger partial charge is 0.339 e. The quantitative estimate of drug-likeness (QED) is 0.789. The molecule has 114 valence electrons. The van der Waals surface area contributed by atoms with Gasteiger partial charge in [-0.2, -0.15) is 0 Å². The molecular formula is C17H29NO2. The third-order valence-electron chi connectivity index (χ3n) is 5.16. The minimum absolute atomic E-state index is 0.130. The van der Waals surface area contributed by atoms with E-state index in [1.54, 1.807) is 0 Å². The summed E-state index contributed by atoms with van der Waals surface area (Å²) in [5, 5.41) is 0. The first-order chi connectivity index (χ1) is 9.63. The lowest BCUT2D eigenvalue weighted by Gasteiger charge is -2.41. The minimum atomic E-state index is 0.130. The molecule has 0 aromatic rings. The van der Waals surface area contributed by atoms with Crippen LogP contribution in [-0.2, 0) is 9.59 Å². The second-order valence-corrected chi connectivity index (χ2v) is 6.69. The van der Waals surface area contributed by atoms with Crippen molar-refractivity contribution in [3.63, 3.8) is 0 Å². The molecule has 0 aromatic carbocycles. The maximum Gasteiger partial charge on any atom is 0.223 e. The highest BCUT2D eigenvalue weighted by Crippen LogP contribution is 2.32. The second-order valence-electron chi connectivity index (χ2n) is 6.69. The van der Waals surface area contributed by atoms with Crippen LogP contribution in [0.5, 0.6) is 0 Å². The van der Waals surface area contributed by atoms with Crippen LogP contribution in [0.4, 0.5) is 0 Å². The molecule has 2 rings (SSSR count). The van der Waals surface area contributed by atoms with Crippen LogP contribution in [0, 0.1) is 11.8 Å². The Kier molecular flexibility index (Phi) is 5.62. The van der Waals surface area contributed by atoms with Crippen molar-refractivity contribution in [1.29, 1.82) is 0 Å². The Morgan fingerprint density at radius 3 is 2.70 bits per heavy atom. The van der Waals surface area contributed by atoms with Crippen LogP contribution < -0.4 is 0 Å². The van der Waals surface area contributed by atoms with Crippen LogP contribution in [0.3, 0.4) is 0 Å². The highest BCUT2D eigenvalue weighted by atomic mass is 16.2. The van der Waals surface area contributed by atoms with Gasteiger partial charge in [-0.3, -0.25) is 9.59 Å². The van der Waals surface area contributed by atoms with Crippen LogP contribution >= 0.6 is 0 Å². The van der Waals surface area contributed by atoms with Gasteiger partial charge < -0.3 is 4.90 Å². The Hall–Kier alpha value is -0.860. The van der Waals surface area contributed by atoms with Gasteiger partial charge in [-0.15, -0.1) is 0 Å². The van der Waals surface area contributed by atoms with E-state index in [4.69, 9.17) is 0 Å². The topological polar surface area (TPSA) is 37.4 Å². The summed E-state index contributed by atoms with van der Waals surface area (Å²) < 4.78 is 0. The highest BCUT2D eigenvalue weighted by molar-refractivity contribution is 5.84. The molecule has 1 saturated heterocycles. The van der Waals surface area contributed by atoms with Crippen molar-refractivity contribution in [1.82, 2.24) is 4.90 Å². The van der Waals surface area contributed by atoms with Crippen LogP contribution in [0.1, 0.15) is 71.6 Å². The van der Waals surface area contributed by atoms with Crippen molar-refractivity contribution < 1.29 is 9.59 Å². The Balaban J connectivity index is 2.04. The molecule has 1 aliphatic carbocycles. The Morgan fingerprint density at radius 2 is 2.00 bits per heavy atom. The molecule has 20 heavy (non-hydrogen) atoms. The van der Waals surface area contributed by atoms with Gasteiger partial charge in [0.05, 0.1) is 0 Å². The Morgan fingerprint density at radius 1 is 1.25 bits per heavy atom. The first-order valence-electron chi connectivity index (χ1n) is 8.45. The van der Waals surface area contributed by atoms with E-state index >= 15 is 0 Å². The first kappa shape index (κ1) is 15.5.